The minimum Gasteiger partial charge on any atom is -0.478 e. The summed E-state index contributed by atoms with van der Waals surface area (Å²) < 4.78 is 5.63. The maximum Gasteiger partial charge on any atom is 0.335 e. The van der Waals surface area contributed by atoms with Gasteiger partial charge < -0.3 is 9.84 Å². The summed E-state index contributed by atoms with van der Waals surface area (Å²) in [5, 5.41) is 8.87. The van der Waals surface area contributed by atoms with Crippen LogP contribution >= 0.6 is 0 Å². The highest BCUT2D eigenvalue weighted by molar-refractivity contribution is 5.87. The third-order valence-electron chi connectivity index (χ3n) is 2.84. The summed E-state index contributed by atoms with van der Waals surface area (Å²) in [6.07, 6.45) is 1.01. The van der Waals surface area contributed by atoms with Crippen LogP contribution in [0, 0.1) is 12.3 Å². The van der Waals surface area contributed by atoms with Crippen LogP contribution in [0.4, 0.5) is 0 Å². The zero-order valence-electron chi connectivity index (χ0n) is 11.6. The summed E-state index contributed by atoms with van der Waals surface area (Å²) in [6.45, 7) is 9.73. The van der Waals surface area contributed by atoms with Crippen molar-refractivity contribution in [3.05, 3.63) is 34.9 Å². The second-order valence-corrected chi connectivity index (χ2v) is 5.81. The Morgan fingerprint density at radius 3 is 2.50 bits per heavy atom. The van der Waals surface area contributed by atoms with Crippen LogP contribution in [0.15, 0.2) is 18.2 Å². The molecule has 0 heterocycles. The SMILES string of the molecule is Cc1cc(C(=O)O)ccc1COCCC(C)(C)C. The first kappa shape index (κ1) is 14.7. The number of hydrogen-bond acceptors (Lipinski definition) is 2. The van der Waals surface area contributed by atoms with E-state index in [1.807, 2.05) is 13.0 Å². The highest BCUT2D eigenvalue weighted by Crippen LogP contribution is 2.19. The normalized spacial score (nSPS) is 11.6. The third-order valence-corrected chi connectivity index (χ3v) is 2.84. The van der Waals surface area contributed by atoms with Crippen molar-refractivity contribution in [2.75, 3.05) is 6.61 Å². The molecule has 0 aromatic heterocycles. The summed E-state index contributed by atoms with van der Waals surface area (Å²) in [6, 6.07) is 5.14. The predicted octanol–water partition coefficient (Wildman–Crippen LogP) is 3.65. The van der Waals surface area contributed by atoms with E-state index in [0.717, 1.165) is 24.2 Å². The Labute approximate surface area is 109 Å². The first-order chi connectivity index (χ1) is 8.29. The lowest BCUT2D eigenvalue weighted by Crippen LogP contribution is -2.09. The van der Waals surface area contributed by atoms with E-state index >= 15 is 0 Å². The largest absolute Gasteiger partial charge is 0.478 e. The summed E-state index contributed by atoms with van der Waals surface area (Å²) in [5.41, 5.74) is 2.62. The number of hydrogen-bond donors (Lipinski definition) is 1. The van der Waals surface area contributed by atoms with Crippen molar-refractivity contribution in [1.82, 2.24) is 0 Å². The van der Waals surface area contributed by atoms with Crippen LogP contribution in [0.2, 0.25) is 0 Å². The van der Waals surface area contributed by atoms with Gasteiger partial charge in [0.1, 0.15) is 0 Å². The molecule has 0 bridgehead atoms. The van der Waals surface area contributed by atoms with Crippen LogP contribution in [-0.4, -0.2) is 17.7 Å². The molecule has 0 atom stereocenters. The fourth-order valence-corrected chi connectivity index (χ4v) is 1.55. The van der Waals surface area contributed by atoms with Gasteiger partial charge in [-0.15, -0.1) is 0 Å². The number of aromatic carboxylic acids is 1. The monoisotopic (exact) mass is 250 g/mol. The standard InChI is InChI=1S/C15H22O3/c1-11-9-12(14(16)17)5-6-13(11)10-18-8-7-15(2,3)4/h5-6,9H,7-8,10H2,1-4H3,(H,16,17). The second kappa shape index (κ2) is 6.01. The molecular weight excluding hydrogens is 228 g/mol. The van der Waals surface area contributed by atoms with Gasteiger partial charge in [0.05, 0.1) is 12.2 Å². The molecular formula is C15H22O3. The van der Waals surface area contributed by atoms with Gasteiger partial charge in [0.15, 0.2) is 0 Å². The lowest BCUT2D eigenvalue weighted by atomic mass is 9.93. The van der Waals surface area contributed by atoms with E-state index in [2.05, 4.69) is 20.8 Å². The van der Waals surface area contributed by atoms with Gasteiger partial charge in [-0.3, -0.25) is 0 Å². The zero-order chi connectivity index (χ0) is 13.8. The fraction of sp³-hybridized carbons (Fsp3) is 0.533. The first-order valence-corrected chi connectivity index (χ1v) is 6.20. The molecule has 0 aliphatic heterocycles. The van der Waals surface area contributed by atoms with Gasteiger partial charge in [0, 0.05) is 6.61 Å². The van der Waals surface area contributed by atoms with Gasteiger partial charge >= 0.3 is 5.97 Å². The number of carboxylic acids is 1. The number of benzene rings is 1. The molecule has 0 saturated heterocycles. The molecule has 0 spiro atoms. The maximum absolute atomic E-state index is 10.8. The Kier molecular flexibility index (Phi) is 4.91. The number of rotatable bonds is 5. The van der Waals surface area contributed by atoms with Crippen molar-refractivity contribution in [2.45, 2.75) is 40.7 Å². The van der Waals surface area contributed by atoms with Crippen LogP contribution in [0.1, 0.15) is 48.7 Å². The van der Waals surface area contributed by atoms with Gasteiger partial charge in [0.2, 0.25) is 0 Å². The van der Waals surface area contributed by atoms with Crippen molar-refractivity contribution < 1.29 is 14.6 Å². The third kappa shape index (κ3) is 4.88. The predicted molar refractivity (Wildman–Crippen MR) is 71.9 cm³/mol. The Morgan fingerprint density at radius 2 is 2.00 bits per heavy atom. The topological polar surface area (TPSA) is 46.5 Å². The second-order valence-electron chi connectivity index (χ2n) is 5.81. The molecule has 0 fully saturated rings. The fourth-order valence-electron chi connectivity index (χ4n) is 1.55. The molecule has 3 heteroatoms. The quantitative estimate of drug-likeness (QED) is 0.811. The molecule has 0 radical (unpaired) electrons. The molecule has 1 rings (SSSR count). The molecule has 18 heavy (non-hydrogen) atoms. The van der Waals surface area contributed by atoms with Gasteiger partial charge in [-0.1, -0.05) is 26.8 Å². The summed E-state index contributed by atoms with van der Waals surface area (Å²) in [5.74, 6) is -0.890. The van der Waals surface area contributed by atoms with Crippen molar-refractivity contribution >= 4 is 5.97 Å². The molecule has 0 aliphatic rings. The summed E-state index contributed by atoms with van der Waals surface area (Å²) in [7, 11) is 0. The van der Waals surface area contributed by atoms with Gasteiger partial charge in [-0.2, -0.15) is 0 Å². The maximum atomic E-state index is 10.8. The van der Waals surface area contributed by atoms with Gasteiger partial charge in [-0.05, 0) is 42.0 Å². The molecule has 1 aromatic rings. The minimum atomic E-state index is -0.890. The average Bonchev–Trinajstić information content (AvgIpc) is 2.24. The Bertz CT molecular complexity index is 416. The van der Waals surface area contributed by atoms with Crippen LogP contribution in [0.3, 0.4) is 0 Å². The van der Waals surface area contributed by atoms with Crippen molar-refractivity contribution in [3.63, 3.8) is 0 Å². The van der Waals surface area contributed by atoms with E-state index in [0.29, 0.717) is 12.2 Å². The van der Waals surface area contributed by atoms with E-state index < -0.39 is 5.97 Å². The molecule has 0 unspecified atom stereocenters. The van der Waals surface area contributed by atoms with Crippen molar-refractivity contribution in [2.24, 2.45) is 5.41 Å². The Hall–Kier alpha value is -1.35. The lowest BCUT2D eigenvalue weighted by molar-refractivity contribution is 0.0696. The lowest BCUT2D eigenvalue weighted by Gasteiger charge is -2.18. The van der Waals surface area contributed by atoms with Crippen LogP contribution in [0.5, 0.6) is 0 Å². The number of aryl methyl sites for hydroxylation is 1. The minimum absolute atomic E-state index is 0.280. The zero-order valence-corrected chi connectivity index (χ0v) is 11.6. The Balaban J connectivity index is 2.51. The molecule has 0 amide bonds. The van der Waals surface area contributed by atoms with E-state index in [1.54, 1.807) is 12.1 Å². The highest BCUT2D eigenvalue weighted by Gasteiger charge is 2.10. The number of ether oxygens (including phenoxy) is 1. The summed E-state index contributed by atoms with van der Waals surface area (Å²) in [4.78, 5) is 10.8. The molecule has 0 aliphatic carbocycles. The van der Waals surface area contributed by atoms with Gasteiger partial charge in [0.25, 0.3) is 0 Å². The first-order valence-electron chi connectivity index (χ1n) is 6.20. The van der Waals surface area contributed by atoms with E-state index in [4.69, 9.17) is 9.84 Å². The van der Waals surface area contributed by atoms with Crippen molar-refractivity contribution in [1.29, 1.82) is 0 Å². The molecule has 100 valence electrons. The average molecular weight is 250 g/mol. The Morgan fingerprint density at radius 1 is 1.33 bits per heavy atom. The van der Waals surface area contributed by atoms with Crippen LogP contribution in [0.25, 0.3) is 0 Å². The molecule has 3 nitrogen and oxygen atoms in total. The van der Waals surface area contributed by atoms with Crippen molar-refractivity contribution in [3.8, 4) is 0 Å². The van der Waals surface area contributed by atoms with Crippen LogP contribution in [-0.2, 0) is 11.3 Å². The number of carboxylic acid groups (broad SMARTS) is 1. The highest BCUT2D eigenvalue weighted by atomic mass is 16.5. The van der Waals surface area contributed by atoms with Crippen LogP contribution < -0.4 is 0 Å². The molecule has 1 aromatic carbocycles. The van der Waals surface area contributed by atoms with Gasteiger partial charge in [-0.25, -0.2) is 4.79 Å². The van der Waals surface area contributed by atoms with E-state index in [1.165, 1.54) is 0 Å². The van der Waals surface area contributed by atoms with E-state index in [-0.39, 0.29) is 5.41 Å². The number of carbonyl (C=O) groups is 1. The van der Waals surface area contributed by atoms with E-state index in [9.17, 15) is 4.79 Å². The molecule has 0 saturated carbocycles. The molecule has 1 N–H and O–H groups in total. The smallest absolute Gasteiger partial charge is 0.335 e. The summed E-state index contributed by atoms with van der Waals surface area (Å²) >= 11 is 0.